The summed E-state index contributed by atoms with van der Waals surface area (Å²) in [5, 5.41) is 11.8. The first-order valence-electron chi connectivity index (χ1n) is 5.23. The highest BCUT2D eigenvalue weighted by atomic mass is 35.5. The Labute approximate surface area is 117 Å². The minimum atomic E-state index is -1.08. The van der Waals surface area contributed by atoms with Crippen LogP contribution in [0.1, 0.15) is 25.7 Å². The lowest BCUT2D eigenvalue weighted by atomic mass is 10.2. The summed E-state index contributed by atoms with van der Waals surface area (Å²) in [5.74, 6) is -1.44. The average molecular weight is 297 g/mol. The molecule has 98 valence electrons. The molecule has 1 aromatic carbocycles. The van der Waals surface area contributed by atoms with Gasteiger partial charge in [-0.25, -0.2) is 9.78 Å². The van der Waals surface area contributed by atoms with Crippen LogP contribution in [0.5, 0.6) is 0 Å². The molecule has 2 rings (SSSR count). The molecule has 0 aliphatic heterocycles. The molecule has 1 amide bonds. The smallest absolute Gasteiger partial charge is 0.335 e. The van der Waals surface area contributed by atoms with Gasteiger partial charge in [-0.05, 0) is 25.1 Å². The van der Waals surface area contributed by atoms with Gasteiger partial charge in [-0.1, -0.05) is 11.6 Å². The van der Waals surface area contributed by atoms with E-state index in [4.69, 9.17) is 16.7 Å². The van der Waals surface area contributed by atoms with E-state index in [1.807, 2.05) is 0 Å². The van der Waals surface area contributed by atoms with Gasteiger partial charge in [0.1, 0.15) is 4.88 Å². The molecule has 0 fully saturated rings. The maximum Gasteiger partial charge on any atom is 0.335 e. The molecule has 0 atom stereocenters. The zero-order valence-corrected chi connectivity index (χ0v) is 11.4. The quantitative estimate of drug-likeness (QED) is 0.912. The van der Waals surface area contributed by atoms with Crippen LogP contribution in [-0.4, -0.2) is 22.0 Å². The Morgan fingerprint density at radius 1 is 1.42 bits per heavy atom. The standard InChI is InChI=1S/C12H9ClN2O3S/c1-6-10(19-5-14-6)11(16)15-9-4-7(12(17)18)2-3-8(9)13/h2-5H,1H3,(H,15,16)(H,17,18). The average Bonchev–Trinajstić information content (AvgIpc) is 2.78. The van der Waals surface area contributed by atoms with Crippen molar-refractivity contribution < 1.29 is 14.7 Å². The molecule has 2 aromatic rings. The van der Waals surface area contributed by atoms with Crippen molar-refractivity contribution in [2.75, 3.05) is 5.32 Å². The molecular weight excluding hydrogens is 288 g/mol. The third-order valence-electron chi connectivity index (χ3n) is 2.41. The molecule has 0 aliphatic rings. The molecule has 7 heteroatoms. The number of nitrogens with one attached hydrogen (secondary N) is 1. The monoisotopic (exact) mass is 296 g/mol. The van der Waals surface area contributed by atoms with Gasteiger partial charge in [0.05, 0.1) is 27.5 Å². The summed E-state index contributed by atoms with van der Waals surface area (Å²) in [6, 6.07) is 4.12. The number of carboxylic acids is 1. The Kier molecular flexibility index (Phi) is 3.82. The van der Waals surface area contributed by atoms with Gasteiger partial charge in [0, 0.05) is 0 Å². The Morgan fingerprint density at radius 3 is 2.74 bits per heavy atom. The topological polar surface area (TPSA) is 79.3 Å². The van der Waals surface area contributed by atoms with E-state index in [1.54, 1.807) is 12.4 Å². The summed E-state index contributed by atoms with van der Waals surface area (Å²) in [6.07, 6.45) is 0. The maximum absolute atomic E-state index is 12.0. The second-order valence-electron chi connectivity index (χ2n) is 3.72. The number of carbonyl (C=O) groups is 2. The van der Waals surface area contributed by atoms with Crippen LogP contribution in [0.2, 0.25) is 5.02 Å². The number of carbonyl (C=O) groups excluding carboxylic acids is 1. The van der Waals surface area contributed by atoms with Crippen molar-refractivity contribution in [3.63, 3.8) is 0 Å². The number of halogens is 1. The van der Waals surface area contributed by atoms with E-state index in [1.165, 1.54) is 29.5 Å². The zero-order chi connectivity index (χ0) is 14.0. The molecule has 5 nitrogen and oxygen atoms in total. The number of aromatic nitrogens is 1. The second kappa shape index (κ2) is 5.38. The molecule has 0 radical (unpaired) electrons. The van der Waals surface area contributed by atoms with E-state index in [-0.39, 0.29) is 22.2 Å². The van der Waals surface area contributed by atoms with Crippen molar-refractivity contribution >= 4 is 40.5 Å². The molecule has 0 spiro atoms. The number of nitrogens with zero attached hydrogens (tertiary/aromatic N) is 1. The van der Waals surface area contributed by atoms with E-state index < -0.39 is 5.97 Å². The van der Waals surface area contributed by atoms with Crippen LogP contribution in [-0.2, 0) is 0 Å². The van der Waals surface area contributed by atoms with Gasteiger partial charge in [-0.15, -0.1) is 11.3 Å². The summed E-state index contributed by atoms with van der Waals surface area (Å²) in [6.45, 7) is 1.72. The molecule has 0 aliphatic carbocycles. The van der Waals surface area contributed by atoms with Gasteiger partial charge in [-0.2, -0.15) is 0 Å². The van der Waals surface area contributed by atoms with Gasteiger partial charge < -0.3 is 10.4 Å². The fourth-order valence-corrected chi connectivity index (χ4v) is 2.32. The van der Waals surface area contributed by atoms with Crippen molar-refractivity contribution in [1.82, 2.24) is 4.98 Å². The van der Waals surface area contributed by atoms with E-state index >= 15 is 0 Å². The highest BCUT2D eigenvalue weighted by Gasteiger charge is 2.14. The van der Waals surface area contributed by atoms with Crippen LogP contribution in [0.4, 0.5) is 5.69 Å². The maximum atomic E-state index is 12.0. The Balaban J connectivity index is 2.28. The van der Waals surface area contributed by atoms with Gasteiger partial charge in [-0.3, -0.25) is 4.79 Å². The number of aromatic carboxylic acids is 1. The first-order chi connectivity index (χ1) is 8.99. The van der Waals surface area contributed by atoms with E-state index in [9.17, 15) is 9.59 Å². The number of thiazole rings is 1. The highest BCUT2D eigenvalue weighted by Crippen LogP contribution is 2.24. The molecule has 0 saturated carbocycles. The molecule has 1 aromatic heterocycles. The Morgan fingerprint density at radius 2 is 2.16 bits per heavy atom. The fourth-order valence-electron chi connectivity index (χ4n) is 1.45. The lowest BCUT2D eigenvalue weighted by molar-refractivity contribution is 0.0696. The third kappa shape index (κ3) is 2.91. The van der Waals surface area contributed by atoms with E-state index in [2.05, 4.69) is 10.3 Å². The van der Waals surface area contributed by atoms with Crippen LogP contribution < -0.4 is 5.32 Å². The number of aryl methyl sites for hydroxylation is 1. The van der Waals surface area contributed by atoms with Gasteiger partial charge in [0.25, 0.3) is 5.91 Å². The largest absolute Gasteiger partial charge is 0.478 e. The lowest BCUT2D eigenvalue weighted by Crippen LogP contribution is -2.12. The van der Waals surface area contributed by atoms with Crippen molar-refractivity contribution in [3.05, 3.63) is 44.9 Å². The minimum absolute atomic E-state index is 0.0562. The van der Waals surface area contributed by atoms with Gasteiger partial charge in [0.15, 0.2) is 0 Å². The highest BCUT2D eigenvalue weighted by molar-refractivity contribution is 7.12. The summed E-state index contributed by atoms with van der Waals surface area (Å²) in [7, 11) is 0. The molecule has 0 unspecified atom stereocenters. The Bertz CT molecular complexity index is 654. The molecular formula is C12H9ClN2O3S. The molecule has 0 bridgehead atoms. The fraction of sp³-hybridized carbons (Fsp3) is 0.0833. The number of rotatable bonds is 3. The zero-order valence-electron chi connectivity index (χ0n) is 9.81. The first-order valence-corrected chi connectivity index (χ1v) is 6.49. The predicted molar refractivity (Wildman–Crippen MR) is 73.2 cm³/mol. The summed E-state index contributed by atoms with van der Waals surface area (Å²) >= 11 is 7.14. The number of anilines is 1. The van der Waals surface area contributed by atoms with Crippen LogP contribution in [0, 0.1) is 6.92 Å². The van der Waals surface area contributed by atoms with E-state index in [0.29, 0.717) is 10.6 Å². The Hall–Kier alpha value is -1.92. The summed E-state index contributed by atoms with van der Waals surface area (Å²) in [4.78, 5) is 27.3. The van der Waals surface area contributed by atoms with Crippen molar-refractivity contribution in [3.8, 4) is 0 Å². The summed E-state index contributed by atoms with van der Waals surface area (Å²) < 4.78 is 0. The van der Waals surface area contributed by atoms with Crippen molar-refractivity contribution in [2.24, 2.45) is 0 Å². The van der Waals surface area contributed by atoms with Crippen LogP contribution >= 0.6 is 22.9 Å². The van der Waals surface area contributed by atoms with Crippen LogP contribution in [0.3, 0.4) is 0 Å². The summed E-state index contributed by atoms with van der Waals surface area (Å²) in [5.41, 5.74) is 2.51. The number of hydrogen-bond donors (Lipinski definition) is 2. The second-order valence-corrected chi connectivity index (χ2v) is 4.98. The van der Waals surface area contributed by atoms with Crippen LogP contribution in [0.25, 0.3) is 0 Å². The predicted octanol–water partition coefficient (Wildman–Crippen LogP) is 3.06. The number of amides is 1. The third-order valence-corrected chi connectivity index (χ3v) is 3.67. The first kappa shape index (κ1) is 13.5. The minimum Gasteiger partial charge on any atom is -0.478 e. The van der Waals surface area contributed by atoms with Crippen molar-refractivity contribution in [1.29, 1.82) is 0 Å². The molecule has 2 N–H and O–H groups in total. The SMILES string of the molecule is Cc1ncsc1C(=O)Nc1cc(C(=O)O)ccc1Cl. The van der Waals surface area contributed by atoms with Gasteiger partial charge in [0.2, 0.25) is 0 Å². The molecule has 1 heterocycles. The van der Waals surface area contributed by atoms with E-state index in [0.717, 1.165) is 0 Å². The van der Waals surface area contributed by atoms with Gasteiger partial charge >= 0.3 is 5.97 Å². The number of benzene rings is 1. The normalized spacial score (nSPS) is 10.2. The number of hydrogen-bond acceptors (Lipinski definition) is 4. The molecule has 19 heavy (non-hydrogen) atoms. The van der Waals surface area contributed by atoms with Crippen LogP contribution in [0.15, 0.2) is 23.7 Å². The lowest BCUT2D eigenvalue weighted by Gasteiger charge is -2.07. The number of carboxylic acid groups (broad SMARTS) is 1. The van der Waals surface area contributed by atoms with Crippen molar-refractivity contribution in [2.45, 2.75) is 6.92 Å². The molecule has 0 saturated heterocycles.